The van der Waals surface area contributed by atoms with Crippen molar-refractivity contribution in [1.82, 2.24) is 10.6 Å². The SMILES string of the molecule is CC(=O)NC(=Cc1ccccc1)C(=O)NCC12CC3CC(CC(C3)C1)C2. The van der Waals surface area contributed by atoms with E-state index in [1.54, 1.807) is 6.08 Å². The molecular formula is C22H28N2O2. The molecule has 1 aromatic rings. The van der Waals surface area contributed by atoms with Crippen molar-refractivity contribution >= 4 is 17.9 Å². The third-order valence-corrected chi connectivity index (χ3v) is 6.45. The van der Waals surface area contributed by atoms with Gasteiger partial charge in [-0.3, -0.25) is 9.59 Å². The van der Waals surface area contributed by atoms with Crippen LogP contribution >= 0.6 is 0 Å². The van der Waals surface area contributed by atoms with E-state index in [-0.39, 0.29) is 11.8 Å². The lowest BCUT2D eigenvalue weighted by molar-refractivity contribution is -0.123. The highest BCUT2D eigenvalue weighted by molar-refractivity contribution is 6.00. The quantitative estimate of drug-likeness (QED) is 0.797. The minimum Gasteiger partial charge on any atom is -0.350 e. The molecule has 4 aliphatic carbocycles. The van der Waals surface area contributed by atoms with E-state index in [2.05, 4.69) is 10.6 Å². The number of hydrogen-bond donors (Lipinski definition) is 2. The second-order valence-electron chi connectivity index (χ2n) is 8.75. The smallest absolute Gasteiger partial charge is 0.267 e. The van der Waals surface area contributed by atoms with Crippen molar-refractivity contribution < 1.29 is 9.59 Å². The number of carbonyl (C=O) groups is 2. The molecule has 26 heavy (non-hydrogen) atoms. The van der Waals surface area contributed by atoms with E-state index < -0.39 is 0 Å². The molecule has 4 saturated carbocycles. The molecule has 2 amide bonds. The topological polar surface area (TPSA) is 58.2 Å². The fourth-order valence-electron chi connectivity index (χ4n) is 5.93. The lowest BCUT2D eigenvalue weighted by Gasteiger charge is -2.56. The van der Waals surface area contributed by atoms with E-state index in [0.717, 1.165) is 29.9 Å². The largest absolute Gasteiger partial charge is 0.350 e. The van der Waals surface area contributed by atoms with Crippen molar-refractivity contribution in [2.24, 2.45) is 23.2 Å². The average molecular weight is 352 g/mol. The highest BCUT2D eigenvalue weighted by Gasteiger charge is 2.50. The molecule has 0 aromatic heterocycles. The Balaban J connectivity index is 1.45. The summed E-state index contributed by atoms with van der Waals surface area (Å²) in [6.45, 7) is 2.17. The van der Waals surface area contributed by atoms with Gasteiger partial charge in [-0.1, -0.05) is 30.3 Å². The predicted molar refractivity (Wildman–Crippen MR) is 102 cm³/mol. The van der Waals surface area contributed by atoms with Gasteiger partial charge < -0.3 is 10.6 Å². The van der Waals surface area contributed by atoms with Gasteiger partial charge in [0.15, 0.2) is 0 Å². The maximum Gasteiger partial charge on any atom is 0.267 e. The second-order valence-corrected chi connectivity index (χ2v) is 8.75. The molecule has 0 saturated heterocycles. The van der Waals surface area contributed by atoms with Crippen molar-refractivity contribution in [2.75, 3.05) is 6.54 Å². The number of amides is 2. The Labute approximate surface area is 155 Å². The van der Waals surface area contributed by atoms with Crippen molar-refractivity contribution in [2.45, 2.75) is 45.4 Å². The van der Waals surface area contributed by atoms with Gasteiger partial charge in [0.2, 0.25) is 5.91 Å². The van der Waals surface area contributed by atoms with Crippen LogP contribution in [-0.2, 0) is 9.59 Å². The van der Waals surface area contributed by atoms with Crippen molar-refractivity contribution in [3.8, 4) is 0 Å². The fraction of sp³-hybridized carbons (Fsp3) is 0.545. The molecule has 2 N–H and O–H groups in total. The zero-order valence-corrected chi connectivity index (χ0v) is 15.5. The van der Waals surface area contributed by atoms with Crippen LogP contribution in [-0.4, -0.2) is 18.4 Å². The van der Waals surface area contributed by atoms with Gasteiger partial charge in [0.1, 0.15) is 5.70 Å². The Morgan fingerprint density at radius 3 is 2.15 bits per heavy atom. The van der Waals surface area contributed by atoms with Crippen LogP contribution in [0.5, 0.6) is 0 Å². The highest BCUT2D eigenvalue weighted by atomic mass is 16.2. The first-order chi connectivity index (χ1) is 12.5. The summed E-state index contributed by atoms with van der Waals surface area (Å²) in [6.07, 6.45) is 9.73. The molecule has 0 radical (unpaired) electrons. The average Bonchev–Trinajstić information content (AvgIpc) is 2.58. The van der Waals surface area contributed by atoms with Crippen LogP contribution in [0.15, 0.2) is 36.0 Å². The molecule has 4 aliphatic rings. The Kier molecular flexibility index (Phi) is 4.60. The van der Waals surface area contributed by atoms with Gasteiger partial charge in [0.25, 0.3) is 5.91 Å². The van der Waals surface area contributed by atoms with Crippen LogP contribution in [0, 0.1) is 23.2 Å². The lowest BCUT2D eigenvalue weighted by Crippen LogP contribution is -2.51. The summed E-state index contributed by atoms with van der Waals surface area (Å²) in [6, 6.07) is 9.63. The molecule has 5 rings (SSSR count). The Morgan fingerprint density at radius 2 is 1.62 bits per heavy atom. The Bertz CT molecular complexity index is 688. The lowest BCUT2D eigenvalue weighted by atomic mass is 9.49. The zero-order chi connectivity index (χ0) is 18.1. The molecular weight excluding hydrogens is 324 g/mol. The summed E-state index contributed by atoms with van der Waals surface area (Å²) < 4.78 is 0. The van der Waals surface area contributed by atoms with Crippen LogP contribution in [0.4, 0.5) is 0 Å². The Hall–Kier alpha value is -2.10. The monoisotopic (exact) mass is 352 g/mol. The van der Waals surface area contributed by atoms with E-state index in [0.29, 0.717) is 11.1 Å². The number of nitrogens with one attached hydrogen (secondary N) is 2. The van der Waals surface area contributed by atoms with E-state index in [9.17, 15) is 9.59 Å². The van der Waals surface area contributed by atoms with Crippen molar-refractivity contribution in [3.63, 3.8) is 0 Å². The van der Waals surface area contributed by atoms with Gasteiger partial charge in [0.05, 0.1) is 0 Å². The van der Waals surface area contributed by atoms with E-state index in [4.69, 9.17) is 0 Å². The summed E-state index contributed by atoms with van der Waals surface area (Å²) in [7, 11) is 0. The molecule has 0 unspecified atom stereocenters. The molecule has 0 atom stereocenters. The molecule has 0 spiro atoms. The van der Waals surface area contributed by atoms with Crippen LogP contribution in [0.25, 0.3) is 6.08 Å². The number of rotatable bonds is 5. The summed E-state index contributed by atoms with van der Waals surface area (Å²) in [5.41, 5.74) is 1.52. The first kappa shape index (κ1) is 17.3. The fourth-order valence-corrected chi connectivity index (χ4v) is 5.93. The molecule has 138 valence electrons. The first-order valence-corrected chi connectivity index (χ1v) is 9.84. The van der Waals surface area contributed by atoms with Crippen LogP contribution in [0.1, 0.15) is 51.0 Å². The summed E-state index contributed by atoms with van der Waals surface area (Å²) >= 11 is 0. The maximum absolute atomic E-state index is 12.8. The van der Waals surface area contributed by atoms with Crippen LogP contribution < -0.4 is 10.6 Å². The molecule has 4 heteroatoms. The van der Waals surface area contributed by atoms with Crippen molar-refractivity contribution in [1.29, 1.82) is 0 Å². The van der Waals surface area contributed by atoms with Crippen LogP contribution in [0.3, 0.4) is 0 Å². The van der Waals surface area contributed by atoms with E-state index in [1.165, 1.54) is 45.4 Å². The minimum absolute atomic E-state index is 0.181. The predicted octanol–water partition coefficient (Wildman–Crippen LogP) is 3.50. The standard InChI is InChI=1S/C22H28N2O2/c1-15(25)24-20(10-16-5-3-2-4-6-16)21(26)23-14-22-11-17-7-18(12-22)9-19(8-17)13-22/h2-6,10,17-19H,7-9,11-14H2,1H3,(H,23,26)(H,24,25). The zero-order valence-electron chi connectivity index (χ0n) is 15.5. The number of benzene rings is 1. The Morgan fingerprint density at radius 1 is 1.04 bits per heavy atom. The molecule has 1 aromatic carbocycles. The molecule has 4 bridgehead atoms. The van der Waals surface area contributed by atoms with Gasteiger partial charge in [-0.2, -0.15) is 0 Å². The number of hydrogen-bond acceptors (Lipinski definition) is 2. The van der Waals surface area contributed by atoms with Crippen molar-refractivity contribution in [3.05, 3.63) is 41.6 Å². The summed E-state index contributed by atoms with van der Waals surface area (Å²) in [5, 5.41) is 5.84. The molecule has 4 nitrogen and oxygen atoms in total. The van der Waals surface area contributed by atoms with E-state index >= 15 is 0 Å². The highest BCUT2D eigenvalue weighted by Crippen LogP contribution is 2.59. The summed E-state index contributed by atoms with van der Waals surface area (Å²) in [4.78, 5) is 24.3. The second kappa shape index (κ2) is 6.90. The third-order valence-electron chi connectivity index (χ3n) is 6.45. The van der Waals surface area contributed by atoms with Gasteiger partial charge >= 0.3 is 0 Å². The maximum atomic E-state index is 12.8. The van der Waals surface area contributed by atoms with Gasteiger partial charge in [-0.05, 0) is 73.3 Å². The first-order valence-electron chi connectivity index (χ1n) is 9.84. The molecule has 4 fully saturated rings. The van der Waals surface area contributed by atoms with Crippen LogP contribution in [0.2, 0.25) is 0 Å². The normalized spacial score (nSPS) is 32.3. The molecule has 0 heterocycles. The summed E-state index contributed by atoms with van der Waals surface area (Å²) in [5.74, 6) is 2.20. The number of carbonyl (C=O) groups excluding carboxylic acids is 2. The minimum atomic E-state index is -0.225. The van der Waals surface area contributed by atoms with Gasteiger partial charge in [-0.15, -0.1) is 0 Å². The van der Waals surface area contributed by atoms with Gasteiger partial charge in [-0.25, -0.2) is 0 Å². The third kappa shape index (κ3) is 3.69. The van der Waals surface area contributed by atoms with Gasteiger partial charge in [0, 0.05) is 13.5 Å². The molecule has 0 aliphatic heterocycles. The van der Waals surface area contributed by atoms with E-state index in [1.807, 2.05) is 30.3 Å².